The summed E-state index contributed by atoms with van der Waals surface area (Å²) in [6.45, 7) is 5.71. The summed E-state index contributed by atoms with van der Waals surface area (Å²) in [6.07, 6.45) is 8.80. The largest absolute Gasteiger partial charge is 0.494 e. The van der Waals surface area contributed by atoms with E-state index in [2.05, 4.69) is 26.0 Å². The van der Waals surface area contributed by atoms with E-state index in [0.29, 0.717) is 61.7 Å². The first-order valence-electron chi connectivity index (χ1n) is 14.4. The number of thioether (sulfide) groups is 1. The van der Waals surface area contributed by atoms with Crippen molar-refractivity contribution in [3.63, 3.8) is 0 Å². The number of fused-ring (bicyclic) bond motifs is 4. The fourth-order valence-corrected chi connectivity index (χ4v) is 6.52. The fourth-order valence-electron chi connectivity index (χ4n) is 4.65. The zero-order chi connectivity index (χ0) is 30.8. The maximum Gasteiger partial charge on any atom is 0.252 e. The van der Waals surface area contributed by atoms with Crippen molar-refractivity contribution in [3.05, 3.63) is 53.6 Å². The molecule has 4 rings (SSSR count). The molecule has 0 spiro atoms. The normalized spacial score (nSPS) is 18.0. The van der Waals surface area contributed by atoms with Crippen LogP contribution in [0, 0.1) is 6.92 Å². The van der Waals surface area contributed by atoms with Crippen LogP contribution in [0.2, 0.25) is 0 Å². The van der Waals surface area contributed by atoms with Gasteiger partial charge >= 0.3 is 0 Å². The molecule has 43 heavy (non-hydrogen) atoms. The smallest absolute Gasteiger partial charge is 0.252 e. The maximum absolute atomic E-state index is 13.7. The number of sulfonamides is 1. The van der Waals surface area contributed by atoms with Gasteiger partial charge in [0.2, 0.25) is 15.9 Å². The lowest BCUT2D eigenvalue weighted by atomic mass is 10.1. The highest BCUT2D eigenvalue weighted by atomic mass is 32.2. The average Bonchev–Trinajstić information content (AvgIpc) is 3.65. The minimum Gasteiger partial charge on any atom is -0.494 e. The number of ether oxygens (including phenoxy) is 1. The van der Waals surface area contributed by atoms with Crippen molar-refractivity contribution in [1.82, 2.24) is 39.7 Å². The van der Waals surface area contributed by atoms with Crippen molar-refractivity contribution >= 4 is 33.6 Å². The number of aromatic nitrogens is 5. The zero-order valence-corrected chi connectivity index (χ0v) is 26.5. The summed E-state index contributed by atoms with van der Waals surface area (Å²) in [5, 5.41) is 18.3. The van der Waals surface area contributed by atoms with E-state index in [1.807, 2.05) is 32.2 Å². The molecule has 0 aliphatic carbocycles. The van der Waals surface area contributed by atoms with Gasteiger partial charge < -0.3 is 15.4 Å². The highest BCUT2D eigenvalue weighted by molar-refractivity contribution is 7.98. The molecule has 0 saturated heterocycles. The Morgan fingerprint density at radius 2 is 2.00 bits per heavy atom. The number of aryl methyl sites for hydroxylation is 3. The summed E-state index contributed by atoms with van der Waals surface area (Å²) in [7, 11) is -3.90. The Morgan fingerprint density at radius 1 is 1.16 bits per heavy atom. The van der Waals surface area contributed by atoms with E-state index < -0.39 is 16.1 Å². The molecule has 1 aliphatic heterocycles. The van der Waals surface area contributed by atoms with Crippen LogP contribution in [-0.4, -0.2) is 87.1 Å². The van der Waals surface area contributed by atoms with Crippen molar-refractivity contribution in [2.45, 2.75) is 70.1 Å². The Hall–Kier alpha value is -3.43. The lowest BCUT2D eigenvalue weighted by molar-refractivity contribution is -0.123. The summed E-state index contributed by atoms with van der Waals surface area (Å²) >= 11 is 1.58. The van der Waals surface area contributed by atoms with Gasteiger partial charge in [-0.2, -0.15) is 21.2 Å². The summed E-state index contributed by atoms with van der Waals surface area (Å²) in [5.74, 6) is 0.561. The Balaban J connectivity index is 1.57. The number of carbonyl (C=O) groups excluding carboxylic acids is 2. The van der Waals surface area contributed by atoms with Crippen LogP contribution in [0.4, 0.5) is 0 Å². The van der Waals surface area contributed by atoms with Crippen LogP contribution in [0.3, 0.4) is 0 Å². The van der Waals surface area contributed by atoms with E-state index in [4.69, 9.17) is 4.74 Å². The summed E-state index contributed by atoms with van der Waals surface area (Å²) in [4.78, 5) is 26.5. The second-order valence-corrected chi connectivity index (χ2v) is 13.3. The number of nitrogens with zero attached hydrogens (tertiary/aromatic N) is 6. The van der Waals surface area contributed by atoms with Gasteiger partial charge in [0, 0.05) is 50.6 Å². The third-order valence-electron chi connectivity index (χ3n) is 6.99. The van der Waals surface area contributed by atoms with Gasteiger partial charge in [-0.15, -0.1) is 5.10 Å². The van der Waals surface area contributed by atoms with E-state index in [1.54, 1.807) is 33.4 Å². The average molecular weight is 633 g/mol. The van der Waals surface area contributed by atoms with Crippen LogP contribution in [0.1, 0.15) is 54.2 Å². The molecular weight excluding hydrogens is 592 g/mol. The van der Waals surface area contributed by atoms with E-state index in [9.17, 15) is 18.0 Å². The molecule has 3 aromatic rings. The fraction of sp³-hybridized carbons (Fsp3) is 0.536. The predicted molar refractivity (Wildman–Crippen MR) is 163 cm³/mol. The number of benzene rings is 1. The molecule has 2 aromatic heterocycles. The summed E-state index contributed by atoms with van der Waals surface area (Å²) in [5.41, 5.74) is 1.72. The molecule has 0 saturated carbocycles. The number of amides is 2. The van der Waals surface area contributed by atoms with Gasteiger partial charge in [-0.3, -0.25) is 19.0 Å². The molecule has 234 valence electrons. The van der Waals surface area contributed by atoms with Crippen molar-refractivity contribution in [1.29, 1.82) is 0 Å². The van der Waals surface area contributed by atoms with E-state index >= 15 is 0 Å². The Morgan fingerprint density at radius 3 is 2.79 bits per heavy atom. The van der Waals surface area contributed by atoms with Crippen molar-refractivity contribution < 1.29 is 22.7 Å². The third-order valence-corrected chi connectivity index (χ3v) is 9.44. The molecular formula is C28H40N8O5S2. The number of nitrogens with one attached hydrogen (secondary N) is 2. The van der Waals surface area contributed by atoms with E-state index in [1.165, 1.54) is 16.7 Å². The van der Waals surface area contributed by atoms with Crippen LogP contribution in [0.5, 0.6) is 5.75 Å². The lowest BCUT2D eigenvalue weighted by Crippen LogP contribution is -2.47. The van der Waals surface area contributed by atoms with E-state index in [-0.39, 0.29) is 36.3 Å². The van der Waals surface area contributed by atoms with Crippen molar-refractivity contribution in [3.8, 4) is 5.75 Å². The van der Waals surface area contributed by atoms with Crippen LogP contribution in [0.15, 0.2) is 41.7 Å². The molecule has 15 heteroatoms. The highest BCUT2D eigenvalue weighted by Crippen LogP contribution is 2.20. The van der Waals surface area contributed by atoms with Gasteiger partial charge in [-0.05, 0) is 55.9 Å². The minimum absolute atomic E-state index is 0.0181. The molecule has 3 heterocycles. The van der Waals surface area contributed by atoms with E-state index in [0.717, 1.165) is 12.0 Å². The molecule has 0 unspecified atom stereocenters. The molecule has 1 aliphatic rings. The molecule has 4 bridgehead atoms. The molecule has 1 atom stereocenters. The standard InChI is InChI=1S/C28H40N8O5S2/c1-4-11-34-20-24(17-30-34)43(39,40)36-13-5-10-29-28(38)26(9-15-42-3)31-27(37)25-16-23(8-7-21(25)2)41-14-6-12-35-18-22(19-36)32-33-35/h7-8,16-18,20,26H,4-6,9-15,19H2,1-3H3,(H,29,38)(H,31,37)/t26-/m0/s1. The number of rotatable bonds is 7. The zero-order valence-electron chi connectivity index (χ0n) is 24.9. The van der Waals surface area contributed by atoms with Gasteiger partial charge in [0.15, 0.2) is 0 Å². The van der Waals surface area contributed by atoms with Crippen LogP contribution < -0.4 is 15.4 Å². The topological polar surface area (TPSA) is 153 Å². The highest BCUT2D eigenvalue weighted by Gasteiger charge is 2.28. The minimum atomic E-state index is -3.90. The Bertz CT molecular complexity index is 1490. The second-order valence-electron chi connectivity index (χ2n) is 10.4. The van der Waals surface area contributed by atoms with Gasteiger partial charge in [0.1, 0.15) is 16.7 Å². The quantitative estimate of drug-likeness (QED) is 0.399. The number of carbonyl (C=O) groups is 2. The molecule has 2 N–H and O–H groups in total. The first kappa shape index (κ1) is 32.5. The Labute approximate surface area is 256 Å². The molecule has 2 amide bonds. The first-order valence-corrected chi connectivity index (χ1v) is 17.3. The van der Waals surface area contributed by atoms with Crippen molar-refractivity contribution in [2.24, 2.45) is 0 Å². The Kier molecular flexibility index (Phi) is 11.6. The van der Waals surface area contributed by atoms with Crippen LogP contribution in [0.25, 0.3) is 0 Å². The van der Waals surface area contributed by atoms with Crippen molar-refractivity contribution in [2.75, 3.05) is 31.7 Å². The molecule has 13 nitrogen and oxygen atoms in total. The predicted octanol–water partition coefficient (Wildman–Crippen LogP) is 2.22. The van der Waals surface area contributed by atoms with Crippen LogP contribution in [-0.2, 0) is 34.5 Å². The summed E-state index contributed by atoms with van der Waals surface area (Å²) < 4.78 is 37.8. The first-order chi connectivity index (χ1) is 20.7. The molecule has 1 aromatic carbocycles. The number of hydrogen-bond donors (Lipinski definition) is 2. The van der Waals surface area contributed by atoms with Gasteiger partial charge in [0.05, 0.1) is 25.0 Å². The van der Waals surface area contributed by atoms with Gasteiger partial charge in [-0.25, -0.2) is 8.42 Å². The second kappa shape index (κ2) is 15.3. The third kappa shape index (κ3) is 8.80. The maximum atomic E-state index is 13.7. The van der Waals surface area contributed by atoms with Gasteiger partial charge in [0.25, 0.3) is 5.91 Å². The monoisotopic (exact) mass is 632 g/mol. The SMILES string of the molecule is CCCn1cc(S(=O)(=O)N2CCCNC(=O)[C@H](CCSC)NC(=O)c3cc(ccc3C)OCCCn3cc(nn3)C2)cn1. The molecule has 0 fully saturated rings. The molecule has 0 radical (unpaired) electrons. The summed E-state index contributed by atoms with van der Waals surface area (Å²) in [6, 6.07) is 4.59. The lowest BCUT2D eigenvalue weighted by Gasteiger charge is -2.22. The number of hydrogen-bond acceptors (Lipinski definition) is 9. The van der Waals surface area contributed by atoms with Gasteiger partial charge in [-0.1, -0.05) is 18.2 Å². The van der Waals surface area contributed by atoms with Crippen LogP contribution >= 0.6 is 11.8 Å².